The second kappa shape index (κ2) is 8.20. The monoisotopic (exact) mass is 274 g/mol. The highest BCUT2D eigenvalue weighted by Crippen LogP contribution is 2.09. The molecular weight excluding hydrogens is 248 g/mol. The topological polar surface area (TPSA) is 15.7 Å². The first-order chi connectivity index (χ1) is 9.79. The van der Waals surface area contributed by atoms with Crippen LogP contribution in [-0.4, -0.2) is 62.3 Å². The zero-order chi connectivity index (χ0) is 14.2. The molecular formula is C17H26N2O. The molecule has 1 unspecified atom stereocenters. The molecule has 0 spiro atoms. The molecule has 0 amide bonds. The summed E-state index contributed by atoms with van der Waals surface area (Å²) < 4.78 is 5.17. The van der Waals surface area contributed by atoms with Gasteiger partial charge in [0.15, 0.2) is 0 Å². The van der Waals surface area contributed by atoms with Crippen molar-refractivity contribution in [3.05, 3.63) is 42.0 Å². The Morgan fingerprint density at radius 2 is 2.05 bits per heavy atom. The van der Waals surface area contributed by atoms with E-state index in [9.17, 15) is 0 Å². The minimum atomic E-state index is 0.615. The second-order valence-corrected chi connectivity index (χ2v) is 5.45. The summed E-state index contributed by atoms with van der Waals surface area (Å²) in [5.74, 6) is 0. The van der Waals surface area contributed by atoms with Crippen molar-refractivity contribution in [1.29, 1.82) is 0 Å². The minimum Gasteiger partial charge on any atom is -0.383 e. The molecule has 0 aliphatic carbocycles. The lowest BCUT2D eigenvalue weighted by Crippen LogP contribution is -2.52. The number of hydrogen-bond donors (Lipinski definition) is 0. The van der Waals surface area contributed by atoms with Gasteiger partial charge in [0.05, 0.1) is 6.61 Å². The van der Waals surface area contributed by atoms with Gasteiger partial charge in [-0.05, 0) is 12.5 Å². The fourth-order valence-electron chi connectivity index (χ4n) is 2.68. The summed E-state index contributed by atoms with van der Waals surface area (Å²) in [6.45, 7) is 8.66. The Bertz CT molecular complexity index is 405. The van der Waals surface area contributed by atoms with Crippen LogP contribution in [-0.2, 0) is 4.74 Å². The van der Waals surface area contributed by atoms with Gasteiger partial charge in [-0.2, -0.15) is 0 Å². The number of hydrogen-bond acceptors (Lipinski definition) is 3. The molecule has 2 rings (SSSR count). The Morgan fingerprint density at radius 3 is 2.75 bits per heavy atom. The van der Waals surface area contributed by atoms with Crippen molar-refractivity contribution in [3.8, 4) is 0 Å². The molecule has 0 aromatic heterocycles. The van der Waals surface area contributed by atoms with Crippen LogP contribution in [0.2, 0.25) is 0 Å². The highest BCUT2D eigenvalue weighted by molar-refractivity contribution is 5.48. The normalized spacial score (nSPS) is 21.6. The third-order valence-electron chi connectivity index (χ3n) is 3.91. The predicted octanol–water partition coefficient (Wildman–Crippen LogP) is 2.35. The Labute approximate surface area is 122 Å². The van der Waals surface area contributed by atoms with Gasteiger partial charge in [0.1, 0.15) is 0 Å². The van der Waals surface area contributed by atoms with Crippen molar-refractivity contribution in [1.82, 2.24) is 9.80 Å². The Balaban J connectivity index is 1.74. The number of rotatable bonds is 6. The van der Waals surface area contributed by atoms with Crippen LogP contribution < -0.4 is 0 Å². The Kier molecular flexibility index (Phi) is 6.25. The molecule has 1 aromatic carbocycles. The third kappa shape index (κ3) is 4.75. The van der Waals surface area contributed by atoms with Crippen molar-refractivity contribution in [2.75, 3.05) is 46.4 Å². The quantitative estimate of drug-likeness (QED) is 0.792. The highest BCUT2D eigenvalue weighted by Gasteiger charge is 2.22. The average Bonchev–Trinajstić information content (AvgIpc) is 2.47. The molecule has 0 saturated carbocycles. The molecule has 1 heterocycles. The highest BCUT2D eigenvalue weighted by atomic mass is 16.5. The van der Waals surface area contributed by atoms with Crippen LogP contribution in [0.5, 0.6) is 0 Å². The van der Waals surface area contributed by atoms with Crippen molar-refractivity contribution < 1.29 is 4.74 Å². The summed E-state index contributed by atoms with van der Waals surface area (Å²) in [7, 11) is 1.77. The number of nitrogens with zero attached hydrogens (tertiary/aromatic N) is 2. The molecule has 3 heteroatoms. The van der Waals surface area contributed by atoms with Crippen LogP contribution in [0.3, 0.4) is 0 Å². The Morgan fingerprint density at radius 1 is 1.25 bits per heavy atom. The van der Waals surface area contributed by atoms with Crippen LogP contribution >= 0.6 is 0 Å². The number of benzene rings is 1. The number of methoxy groups -OCH3 is 1. The molecule has 20 heavy (non-hydrogen) atoms. The molecule has 0 bridgehead atoms. The van der Waals surface area contributed by atoms with Crippen LogP contribution in [0, 0.1) is 0 Å². The van der Waals surface area contributed by atoms with Gasteiger partial charge in [0.2, 0.25) is 0 Å². The van der Waals surface area contributed by atoms with E-state index in [-0.39, 0.29) is 0 Å². The smallest absolute Gasteiger partial charge is 0.0589 e. The summed E-state index contributed by atoms with van der Waals surface area (Å²) >= 11 is 0. The summed E-state index contributed by atoms with van der Waals surface area (Å²) in [6.07, 6.45) is 4.48. The van der Waals surface area contributed by atoms with Crippen LogP contribution in [0.4, 0.5) is 0 Å². The fraction of sp³-hybridized carbons (Fsp3) is 0.529. The van der Waals surface area contributed by atoms with E-state index in [0.29, 0.717) is 6.04 Å². The van der Waals surface area contributed by atoms with Gasteiger partial charge in [-0.3, -0.25) is 9.80 Å². The third-order valence-corrected chi connectivity index (χ3v) is 3.91. The van der Waals surface area contributed by atoms with E-state index in [1.165, 1.54) is 5.56 Å². The van der Waals surface area contributed by atoms with Gasteiger partial charge in [0, 0.05) is 45.9 Å². The van der Waals surface area contributed by atoms with E-state index >= 15 is 0 Å². The minimum absolute atomic E-state index is 0.615. The van der Waals surface area contributed by atoms with Crippen LogP contribution in [0.1, 0.15) is 12.5 Å². The van der Waals surface area contributed by atoms with E-state index in [1.807, 2.05) is 0 Å². The van der Waals surface area contributed by atoms with Crippen LogP contribution in [0.25, 0.3) is 6.08 Å². The van der Waals surface area contributed by atoms with Gasteiger partial charge in [-0.25, -0.2) is 0 Å². The summed E-state index contributed by atoms with van der Waals surface area (Å²) in [6, 6.07) is 11.1. The lowest BCUT2D eigenvalue weighted by Gasteiger charge is -2.39. The molecule has 1 aliphatic heterocycles. The van der Waals surface area contributed by atoms with E-state index in [2.05, 4.69) is 59.2 Å². The second-order valence-electron chi connectivity index (χ2n) is 5.45. The van der Waals surface area contributed by atoms with E-state index in [0.717, 1.165) is 39.3 Å². The van der Waals surface area contributed by atoms with E-state index in [1.54, 1.807) is 7.11 Å². The summed E-state index contributed by atoms with van der Waals surface area (Å²) in [5.41, 5.74) is 1.28. The van der Waals surface area contributed by atoms with Gasteiger partial charge in [-0.15, -0.1) is 0 Å². The molecule has 0 radical (unpaired) electrons. The molecule has 110 valence electrons. The fourth-order valence-corrected chi connectivity index (χ4v) is 2.68. The first-order valence-electron chi connectivity index (χ1n) is 7.46. The molecule has 1 saturated heterocycles. The average molecular weight is 274 g/mol. The van der Waals surface area contributed by atoms with Crippen molar-refractivity contribution in [2.45, 2.75) is 13.0 Å². The molecule has 1 aliphatic rings. The van der Waals surface area contributed by atoms with Crippen LogP contribution in [0.15, 0.2) is 36.4 Å². The van der Waals surface area contributed by atoms with E-state index < -0.39 is 0 Å². The zero-order valence-corrected chi connectivity index (χ0v) is 12.7. The summed E-state index contributed by atoms with van der Waals surface area (Å²) in [4.78, 5) is 5.04. The lowest BCUT2D eigenvalue weighted by molar-refractivity contribution is 0.0642. The maximum absolute atomic E-state index is 5.17. The number of piperazine rings is 1. The summed E-state index contributed by atoms with van der Waals surface area (Å²) in [5, 5.41) is 0. The molecule has 1 aromatic rings. The first kappa shape index (κ1) is 15.2. The zero-order valence-electron chi connectivity index (χ0n) is 12.7. The standard InChI is InChI=1S/C17H26N2O/c1-16-15-18(11-12-19(16)13-14-20-2)10-6-9-17-7-4-3-5-8-17/h3-9,16H,10-15H2,1-2H3. The van der Waals surface area contributed by atoms with Gasteiger partial charge in [0.25, 0.3) is 0 Å². The van der Waals surface area contributed by atoms with Crippen molar-refractivity contribution in [2.24, 2.45) is 0 Å². The first-order valence-corrected chi connectivity index (χ1v) is 7.46. The lowest BCUT2D eigenvalue weighted by atomic mass is 10.2. The largest absolute Gasteiger partial charge is 0.383 e. The molecule has 1 atom stereocenters. The van der Waals surface area contributed by atoms with Crippen molar-refractivity contribution in [3.63, 3.8) is 0 Å². The maximum atomic E-state index is 5.17. The molecule has 3 nitrogen and oxygen atoms in total. The van der Waals surface area contributed by atoms with E-state index in [4.69, 9.17) is 4.74 Å². The Hall–Kier alpha value is -1.16. The predicted molar refractivity (Wildman–Crippen MR) is 84.8 cm³/mol. The van der Waals surface area contributed by atoms with Crippen molar-refractivity contribution >= 4 is 6.08 Å². The maximum Gasteiger partial charge on any atom is 0.0589 e. The van der Waals surface area contributed by atoms with Gasteiger partial charge in [-0.1, -0.05) is 42.5 Å². The van der Waals surface area contributed by atoms with Gasteiger partial charge < -0.3 is 4.74 Å². The van der Waals surface area contributed by atoms with Gasteiger partial charge >= 0.3 is 0 Å². The SMILES string of the molecule is COCCN1CCN(CC=Cc2ccccc2)CC1C. The number of ether oxygens (including phenoxy) is 1. The molecule has 1 fully saturated rings. The molecule has 0 N–H and O–H groups in total.